The summed E-state index contributed by atoms with van der Waals surface area (Å²) in [5.41, 5.74) is 1.93. The first-order valence-electron chi connectivity index (χ1n) is 7.20. The molecule has 0 saturated carbocycles. The number of halogens is 1. The molecular weight excluding hydrogens is 302 g/mol. The van der Waals surface area contributed by atoms with Crippen LogP contribution < -0.4 is 14.8 Å². The number of hydrogen-bond donors (Lipinski definition) is 2. The molecule has 4 nitrogen and oxygen atoms in total. The molecule has 2 N–H and O–H groups in total. The second kappa shape index (κ2) is 6.57. The van der Waals surface area contributed by atoms with Crippen LogP contribution in [0.3, 0.4) is 0 Å². The SMILES string of the molecule is CC(NCC(O)c1ccc(Cl)cc1)c1ccc2c(c1)OCO2. The maximum Gasteiger partial charge on any atom is 0.231 e. The van der Waals surface area contributed by atoms with Crippen molar-refractivity contribution >= 4 is 11.6 Å². The summed E-state index contributed by atoms with van der Waals surface area (Å²) < 4.78 is 10.7. The predicted molar refractivity (Wildman–Crippen MR) is 85.4 cm³/mol. The van der Waals surface area contributed by atoms with Crippen LogP contribution in [0.15, 0.2) is 42.5 Å². The molecule has 0 amide bonds. The van der Waals surface area contributed by atoms with Crippen molar-refractivity contribution in [1.29, 1.82) is 0 Å². The molecule has 2 aromatic carbocycles. The van der Waals surface area contributed by atoms with Gasteiger partial charge in [-0.1, -0.05) is 29.8 Å². The molecule has 0 aliphatic carbocycles. The Balaban J connectivity index is 1.60. The fourth-order valence-corrected chi connectivity index (χ4v) is 2.52. The highest BCUT2D eigenvalue weighted by Gasteiger charge is 2.16. The molecule has 1 aliphatic rings. The minimum atomic E-state index is -0.575. The molecule has 2 atom stereocenters. The number of ether oxygens (including phenoxy) is 2. The maximum atomic E-state index is 10.2. The molecule has 1 heterocycles. The molecule has 2 unspecified atom stereocenters. The first kappa shape index (κ1) is 15.2. The third kappa shape index (κ3) is 3.35. The number of hydrogen-bond acceptors (Lipinski definition) is 4. The zero-order valence-corrected chi connectivity index (χ0v) is 13.0. The van der Waals surface area contributed by atoms with E-state index >= 15 is 0 Å². The Morgan fingerprint density at radius 2 is 1.77 bits per heavy atom. The quantitative estimate of drug-likeness (QED) is 0.886. The van der Waals surface area contributed by atoms with Gasteiger partial charge in [0, 0.05) is 17.6 Å². The number of benzene rings is 2. The van der Waals surface area contributed by atoms with E-state index in [2.05, 4.69) is 5.32 Å². The lowest BCUT2D eigenvalue weighted by Gasteiger charge is -2.18. The molecule has 2 aromatic rings. The Labute approximate surface area is 134 Å². The van der Waals surface area contributed by atoms with E-state index in [1.807, 2.05) is 37.3 Å². The second-order valence-electron chi connectivity index (χ2n) is 5.31. The molecule has 3 rings (SSSR count). The number of aliphatic hydroxyl groups excluding tert-OH is 1. The summed E-state index contributed by atoms with van der Waals surface area (Å²) in [5.74, 6) is 1.54. The average Bonchev–Trinajstić information content (AvgIpc) is 3.00. The van der Waals surface area contributed by atoms with Gasteiger partial charge in [-0.05, 0) is 42.3 Å². The van der Waals surface area contributed by atoms with E-state index in [1.165, 1.54) is 0 Å². The van der Waals surface area contributed by atoms with Gasteiger partial charge in [-0.2, -0.15) is 0 Å². The van der Waals surface area contributed by atoms with Crippen LogP contribution in [0.1, 0.15) is 30.2 Å². The van der Waals surface area contributed by atoms with Gasteiger partial charge in [-0.15, -0.1) is 0 Å². The lowest BCUT2D eigenvalue weighted by molar-refractivity contribution is 0.170. The molecule has 0 radical (unpaired) electrons. The van der Waals surface area contributed by atoms with E-state index in [4.69, 9.17) is 21.1 Å². The lowest BCUT2D eigenvalue weighted by atomic mass is 10.1. The Kier molecular flexibility index (Phi) is 4.52. The third-order valence-corrected chi connectivity index (χ3v) is 4.02. The van der Waals surface area contributed by atoms with E-state index in [1.54, 1.807) is 12.1 Å². The fourth-order valence-electron chi connectivity index (χ4n) is 2.39. The molecule has 0 fully saturated rings. The minimum absolute atomic E-state index is 0.0939. The van der Waals surface area contributed by atoms with Crippen molar-refractivity contribution in [2.45, 2.75) is 19.1 Å². The molecule has 1 aliphatic heterocycles. The summed E-state index contributed by atoms with van der Waals surface area (Å²) in [6.07, 6.45) is -0.575. The van der Waals surface area contributed by atoms with E-state index in [9.17, 15) is 5.11 Å². The van der Waals surface area contributed by atoms with Crippen LogP contribution in [0, 0.1) is 0 Å². The van der Waals surface area contributed by atoms with Crippen molar-refractivity contribution in [2.75, 3.05) is 13.3 Å². The van der Waals surface area contributed by atoms with Crippen molar-refractivity contribution in [2.24, 2.45) is 0 Å². The average molecular weight is 320 g/mol. The lowest BCUT2D eigenvalue weighted by Crippen LogP contribution is -2.24. The van der Waals surface area contributed by atoms with Gasteiger partial charge >= 0.3 is 0 Å². The van der Waals surface area contributed by atoms with Gasteiger partial charge in [-0.25, -0.2) is 0 Å². The molecular formula is C17H18ClNO3. The van der Waals surface area contributed by atoms with E-state index in [0.29, 0.717) is 11.6 Å². The maximum absolute atomic E-state index is 10.2. The highest BCUT2D eigenvalue weighted by Crippen LogP contribution is 2.34. The van der Waals surface area contributed by atoms with Gasteiger partial charge in [0.05, 0.1) is 6.10 Å². The smallest absolute Gasteiger partial charge is 0.231 e. The summed E-state index contributed by atoms with van der Waals surface area (Å²) in [4.78, 5) is 0. The fraction of sp³-hybridized carbons (Fsp3) is 0.294. The second-order valence-corrected chi connectivity index (χ2v) is 5.75. The van der Waals surface area contributed by atoms with Gasteiger partial charge in [0.15, 0.2) is 11.5 Å². The summed E-state index contributed by atoms with van der Waals surface area (Å²) in [5, 5.41) is 14.2. The molecule has 5 heteroatoms. The van der Waals surface area contributed by atoms with E-state index in [-0.39, 0.29) is 12.8 Å². The monoisotopic (exact) mass is 319 g/mol. The van der Waals surface area contributed by atoms with Crippen molar-refractivity contribution in [1.82, 2.24) is 5.32 Å². The van der Waals surface area contributed by atoms with E-state index in [0.717, 1.165) is 22.6 Å². The third-order valence-electron chi connectivity index (χ3n) is 3.77. The number of fused-ring (bicyclic) bond motifs is 1. The molecule has 0 aromatic heterocycles. The number of rotatable bonds is 5. The summed E-state index contributed by atoms with van der Waals surface area (Å²) >= 11 is 5.85. The Morgan fingerprint density at radius 1 is 1.09 bits per heavy atom. The largest absolute Gasteiger partial charge is 0.454 e. The molecule has 116 valence electrons. The Bertz CT molecular complexity index is 645. The number of aliphatic hydroxyl groups is 1. The van der Waals surface area contributed by atoms with Crippen LogP contribution in [-0.2, 0) is 0 Å². The van der Waals surface area contributed by atoms with Crippen molar-refractivity contribution in [3.8, 4) is 11.5 Å². The van der Waals surface area contributed by atoms with Crippen molar-refractivity contribution in [3.63, 3.8) is 0 Å². The molecule has 22 heavy (non-hydrogen) atoms. The van der Waals surface area contributed by atoms with Crippen LogP contribution in [0.5, 0.6) is 11.5 Å². The predicted octanol–water partition coefficient (Wildman–Crippen LogP) is 3.45. The van der Waals surface area contributed by atoms with Crippen LogP contribution in [-0.4, -0.2) is 18.4 Å². The normalized spacial score (nSPS) is 15.6. The minimum Gasteiger partial charge on any atom is -0.454 e. The van der Waals surface area contributed by atoms with Gasteiger partial charge in [-0.3, -0.25) is 0 Å². The van der Waals surface area contributed by atoms with E-state index < -0.39 is 6.10 Å². The summed E-state index contributed by atoms with van der Waals surface area (Å²) in [6, 6.07) is 13.2. The van der Waals surface area contributed by atoms with Crippen LogP contribution in [0.2, 0.25) is 5.02 Å². The van der Waals surface area contributed by atoms with Gasteiger partial charge < -0.3 is 19.9 Å². The van der Waals surface area contributed by atoms with Gasteiger partial charge in [0.1, 0.15) is 0 Å². The number of nitrogens with one attached hydrogen (secondary N) is 1. The standard InChI is InChI=1S/C17H18ClNO3/c1-11(13-4-7-16-17(8-13)22-10-21-16)19-9-15(20)12-2-5-14(18)6-3-12/h2-8,11,15,19-20H,9-10H2,1H3. The molecule has 0 bridgehead atoms. The van der Waals surface area contributed by atoms with Crippen LogP contribution in [0.25, 0.3) is 0 Å². The topological polar surface area (TPSA) is 50.7 Å². The Morgan fingerprint density at radius 3 is 2.55 bits per heavy atom. The summed E-state index contributed by atoms with van der Waals surface area (Å²) in [7, 11) is 0. The van der Waals surface area contributed by atoms with Crippen molar-refractivity contribution < 1.29 is 14.6 Å². The van der Waals surface area contributed by atoms with Crippen LogP contribution >= 0.6 is 11.6 Å². The first-order chi connectivity index (χ1) is 10.6. The van der Waals surface area contributed by atoms with Gasteiger partial charge in [0.2, 0.25) is 6.79 Å². The molecule has 0 spiro atoms. The first-order valence-corrected chi connectivity index (χ1v) is 7.58. The van der Waals surface area contributed by atoms with Crippen molar-refractivity contribution in [3.05, 3.63) is 58.6 Å². The molecule has 0 saturated heterocycles. The Hall–Kier alpha value is -1.75. The highest BCUT2D eigenvalue weighted by atomic mass is 35.5. The summed E-state index contributed by atoms with van der Waals surface area (Å²) in [6.45, 7) is 2.78. The zero-order valence-electron chi connectivity index (χ0n) is 12.3. The zero-order chi connectivity index (χ0) is 15.5. The van der Waals surface area contributed by atoms with Gasteiger partial charge in [0.25, 0.3) is 0 Å². The van der Waals surface area contributed by atoms with Crippen LogP contribution in [0.4, 0.5) is 0 Å². The highest BCUT2D eigenvalue weighted by molar-refractivity contribution is 6.30.